The van der Waals surface area contributed by atoms with Crippen LogP contribution in [0.5, 0.6) is 5.75 Å². The van der Waals surface area contributed by atoms with Gasteiger partial charge in [-0.05, 0) is 43.3 Å². The number of amides is 2. The monoisotopic (exact) mass is 493 g/mol. The molecule has 1 fully saturated rings. The third-order valence-electron chi connectivity index (χ3n) is 5.12. The fraction of sp³-hybridized carbons (Fsp3) is 0.300. The summed E-state index contributed by atoms with van der Waals surface area (Å²) in [5.74, 6) is -0.0154. The largest absolute Gasteiger partial charge is 0.479 e. The number of hydrogen-bond donors (Lipinski definition) is 1. The number of carbonyl (C=O) groups is 2. The molecule has 2 aromatic carbocycles. The number of halogens is 1. The zero-order valence-electron chi connectivity index (χ0n) is 16.2. The molecule has 0 saturated carbocycles. The Bertz CT molecular complexity index is 1110. The maximum Gasteiger partial charge on any atom is 0.265 e. The predicted molar refractivity (Wildman–Crippen MR) is 114 cm³/mol. The Morgan fingerprint density at radius 2 is 1.87 bits per heavy atom. The minimum Gasteiger partial charge on any atom is -0.479 e. The Morgan fingerprint density at radius 1 is 1.13 bits per heavy atom. The van der Waals surface area contributed by atoms with Gasteiger partial charge in [-0.2, -0.15) is 4.31 Å². The molecule has 0 aliphatic carbocycles. The van der Waals surface area contributed by atoms with Gasteiger partial charge >= 0.3 is 0 Å². The lowest BCUT2D eigenvalue weighted by molar-refractivity contribution is -0.122. The van der Waals surface area contributed by atoms with E-state index in [0.29, 0.717) is 30.1 Å². The number of sulfonamides is 1. The number of anilines is 1. The fourth-order valence-electron chi connectivity index (χ4n) is 3.43. The Hall–Kier alpha value is -2.43. The van der Waals surface area contributed by atoms with E-state index in [-0.39, 0.29) is 29.8 Å². The van der Waals surface area contributed by atoms with Crippen molar-refractivity contribution < 1.29 is 22.7 Å². The van der Waals surface area contributed by atoms with E-state index in [1.165, 1.54) is 16.4 Å². The summed E-state index contributed by atoms with van der Waals surface area (Å²) in [5.41, 5.74) is 0.892. The number of nitrogens with one attached hydrogen (secondary N) is 1. The van der Waals surface area contributed by atoms with Crippen LogP contribution in [0.25, 0.3) is 0 Å². The van der Waals surface area contributed by atoms with E-state index < -0.39 is 16.1 Å². The van der Waals surface area contributed by atoms with Gasteiger partial charge in [-0.3, -0.25) is 9.59 Å². The lowest BCUT2D eigenvalue weighted by Crippen LogP contribution is -2.50. The van der Waals surface area contributed by atoms with Crippen LogP contribution < -0.4 is 10.1 Å². The van der Waals surface area contributed by atoms with Gasteiger partial charge in [-0.25, -0.2) is 8.42 Å². The third kappa shape index (κ3) is 3.94. The molecular formula is C20H20BrN3O5S. The van der Waals surface area contributed by atoms with Gasteiger partial charge in [0.1, 0.15) is 5.75 Å². The van der Waals surface area contributed by atoms with E-state index in [1.54, 1.807) is 36.1 Å². The molecule has 1 atom stereocenters. The summed E-state index contributed by atoms with van der Waals surface area (Å²) in [6, 6.07) is 11.5. The van der Waals surface area contributed by atoms with E-state index in [1.807, 2.05) is 6.07 Å². The maximum absolute atomic E-state index is 13.1. The average Bonchev–Trinajstić information content (AvgIpc) is 2.74. The van der Waals surface area contributed by atoms with Crippen LogP contribution >= 0.6 is 15.9 Å². The van der Waals surface area contributed by atoms with Crippen LogP contribution in [0, 0.1) is 0 Å². The minimum atomic E-state index is -3.77. The quantitative estimate of drug-likeness (QED) is 0.707. The first-order chi connectivity index (χ1) is 14.3. The summed E-state index contributed by atoms with van der Waals surface area (Å²) in [7, 11) is -3.77. The number of rotatable bonds is 3. The van der Waals surface area contributed by atoms with Gasteiger partial charge in [0.25, 0.3) is 11.8 Å². The minimum absolute atomic E-state index is 0.0754. The highest BCUT2D eigenvalue weighted by Crippen LogP contribution is 2.33. The Morgan fingerprint density at radius 3 is 2.57 bits per heavy atom. The number of benzene rings is 2. The van der Waals surface area contributed by atoms with Crippen molar-refractivity contribution in [3.8, 4) is 5.75 Å². The number of piperazine rings is 1. The summed E-state index contributed by atoms with van der Waals surface area (Å²) in [5, 5.41) is 2.67. The van der Waals surface area contributed by atoms with Crippen LogP contribution in [0.4, 0.5) is 5.69 Å². The normalized spacial score (nSPS) is 19.6. The second kappa shape index (κ2) is 8.01. The van der Waals surface area contributed by atoms with Gasteiger partial charge in [0.05, 0.1) is 10.6 Å². The number of carbonyl (C=O) groups excluding carboxylic acids is 2. The Balaban J connectivity index is 1.47. The number of ether oxygens (including phenoxy) is 1. The van der Waals surface area contributed by atoms with Crippen molar-refractivity contribution in [2.75, 3.05) is 31.5 Å². The first-order valence-electron chi connectivity index (χ1n) is 9.42. The summed E-state index contributed by atoms with van der Waals surface area (Å²) in [6.45, 7) is 2.61. The standard InChI is InChI=1S/C20H20BrN3O5S/c1-13-19(25)22-17-12-16(5-6-18(17)29-13)30(27,28)24-9-7-23(8-10-24)20(26)14-3-2-4-15(21)11-14/h2-6,11-13H,7-10H2,1H3,(H,22,25)/t13-/m0/s1. The second-order valence-corrected chi connectivity index (χ2v) is 9.97. The van der Waals surface area contributed by atoms with Crippen LogP contribution in [0.2, 0.25) is 0 Å². The van der Waals surface area contributed by atoms with Crippen molar-refractivity contribution in [2.24, 2.45) is 0 Å². The summed E-state index contributed by atoms with van der Waals surface area (Å²) >= 11 is 3.36. The summed E-state index contributed by atoms with van der Waals surface area (Å²) in [6.07, 6.45) is -0.629. The SMILES string of the molecule is C[C@@H]1Oc2ccc(S(=O)(=O)N3CCN(C(=O)c4cccc(Br)c4)CC3)cc2NC1=O. The molecule has 8 nitrogen and oxygen atoms in total. The van der Waals surface area contributed by atoms with E-state index in [9.17, 15) is 18.0 Å². The van der Waals surface area contributed by atoms with Crippen molar-refractivity contribution in [1.82, 2.24) is 9.21 Å². The average molecular weight is 494 g/mol. The van der Waals surface area contributed by atoms with Crippen LogP contribution in [-0.2, 0) is 14.8 Å². The molecule has 10 heteroatoms. The first-order valence-corrected chi connectivity index (χ1v) is 11.7. The van der Waals surface area contributed by atoms with E-state index in [2.05, 4.69) is 21.2 Å². The lowest BCUT2D eigenvalue weighted by atomic mass is 10.2. The zero-order valence-corrected chi connectivity index (χ0v) is 18.6. The zero-order chi connectivity index (χ0) is 21.5. The van der Waals surface area contributed by atoms with Gasteiger partial charge in [0, 0.05) is 36.2 Å². The van der Waals surface area contributed by atoms with Crippen LogP contribution in [0.1, 0.15) is 17.3 Å². The van der Waals surface area contributed by atoms with Crippen LogP contribution in [0.3, 0.4) is 0 Å². The van der Waals surface area contributed by atoms with E-state index in [4.69, 9.17) is 4.74 Å². The van der Waals surface area contributed by atoms with Gasteiger partial charge in [0.2, 0.25) is 10.0 Å². The van der Waals surface area contributed by atoms with Crippen LogP contribution in [0.15, 0.2) is 51.8 Å². The highest BCUT2D eigenvalue weighted by atomic mass is 79.9. The molecule has 0 unspecified atom stereocenters. The highest BCUT2D eigenvalue weighted by molar-refractivity contribution is 9.10. The molecule has 0 radical (unpaired) electrons. The number of hydrogen-bond acceptors (Lipinski definition) is 5. The fourth-order valence-corrected chi connectivity index (χ4v) is 5.28. The lowest BCUT2D eigenvalue weighted by Gasteiger charge is -2.34. The molecule has 30 heavy (non-hydrogen) atoms. The summed E-state index contributed by atoms with van der Waals surface area (Å²) < 4.78 is 33.8. The first kappa shape index (κ1) is 20.8. The molecule has 1 N–H and O–H groups in total. The van der Waals surface area contributed by atoms with Gasteiger partial charge in [0.15, 0.2) is 6.10 Å². The van der Waals surface area contributed by atoms with Crippen LogP contribution in [-0.4, -0.2) is 61.7 Å². The molecule has 2 aliphatic rings. The molecular weight excluding hydrogens is 474 g/mol. The van der Waals surface area contributed by atoms with E-state index in [0.717, 1.165) is 4.47 Å². The number of nitrogens with zero attached hydrogens (tertiary/aromatic N) is 2. The molecule has 2 heterocycles. The maximum atomic E-state index is 13.1. The molecule has 2 amide bonds. The van der Waals surface area contributed by atoms with E-state index >= 15 is 0 Å². The van der Waals surface area contributed by atoms with Crippen molar-refractivity contribution in [3.63, 3.8) is 0 Å². The molecule has 2 aliphatic heterocycles. The van der Waals surface area contributed by atoms with Crippen molar-refractivity contribution in [2.45, 2.75) is 17.9 Å². The molecule has 2 aromatic rings. The van der Waals surface area contributed by atoms with Crippen molar-refractivity contribution in [1.29, 1.82) is 0 Å². The molecule has 0 aromatic heterocycles. The molecule has 158 valence electrons. The van der Waals surface area contributed by atoms with Gasteiger partial charge in [-0.1, -0.05) is 22.0 Å². The Labute approximate surface area is 183 Å². The molecule has 1 saturated heterocycles. The highest BCUT2D eigenvalue weighted by Gasteiger charge is 2.32. The molecule has 4 rings (SSSR count). The second-order valence-electron chi connectivity index (χ2n) is 7.11. The smallest absolute Gasteiger partial charge is 0.265 e. The third-order valence-corrected chi connectivity index (χ3v) is 7.50. The summed E-state index contributed by atoms with van der Waals surface area (Å²) in [4.78, 5) is 26.2. The van der Waals surface area contributed by atoms with Crippen molar-refractivity contribution in [3.05, 3.63) is 52.5 Å². The Kier molecular flexibility index (Phi) is 5.56. The predicted octanol–water partition coefficient (Wildman–Crippen LogP) is 2.32. The molecule has 0 bridgehead atoms. The molecule has 0 spiro atoms. The van der Waals surface area contributed by atoms with Gasteiger partial charge < -0.3 is 15.0 Å². The number of fused-ring (bicyclic) bond motifs is 1. The van der Waals surface area contributed by atoms with Crippen molar-refractivity contribution >= 4 is 43.5 Å². The topological polar surface area (TPSA) is 96.0 Å². The van der Waals surface area contributed by atoms with Gasteiger partial charge in [-0.15, -0.1) is 0 Å².